The number of carbonyl (C=O) groups excluding carboxylic acids is 1. The molecular weight excluding hydrogens is 799 g/mol. The van der Waals surface area contributed by atoms with Gasteiger partial charge in [0.05, 0.1) is 28.6 Å². The Morgan fingerprint density at radius 2 is 1.73 bits per heavy atom. The predicted molar refractivity (Wildman–Crippen MR) is 244 cm³/mol. The Morgan fingerprint density at radius 3 is 2.48 bits per heavy atom. The number of carboxylic acid groups (broad SMARTS) is 1. The largest absolute Gasteiger partial charge is 0.476 e. The summed E-state index contributed by atoms with van der Waals surface area (Å²) in [5.74, 6) is 1.10. The van der Waals surface area contributed by atoms with Crippen LogP contribution in [0, 0.1) is 30.1 Å². The van der Waals surface area contributed by atoms with Gasteiger partial charge in [0.15, 0.2) is 22.5 Å². The molecule has 4 aromatic heterocycles. The van der Waals surface area contributed by atoms with Gasteiger partial charge in [-0.2, -0.15) is 5.10 Å². The van der Waals surface area contributed by atoms with Gasteiger partial charge in [-0.15, -0.1) is 10.2 Å². The number of Topliss-reactive ketones (excluding diaryl/α,β-unsaturated/α-hetero) is 1. The SMILES string of the molecule is CC(=O)CCCCCN(C)CCOC12CC3(Cn4ncc(-c5ccc(N6CCCc7c6nnc(Nc6nc8ccccc8s6)c7C)nc5C(=O)O)c4C)C[C@@](C)(C1)C[C@](C)(C3)C2. The first-order valence-electron chi connectivity index (χ1n) is 22.5. The van der Waals surface area contributed by atoms with Crippen LogP contribution in [0.15, 0.2) is 42.6 Å². The number of thiazole rings is 1. The second kappa shape index (κ2) is 16.4. The number of carbonyl (C=O) groups is 2. The maximum absolute atomic E-state index is 13.0. The van der Waals surface area contributed by atoms with Crippen molar-refractivity contribution in [2.24, 2.45) is 16.2 Å². The molecule has 5 heterocycles. The topological polar surface area (TPSA) is 151 Å². The first kappa shape index (κ1) is 42.5. The molecule has 4 aliphatic carbocycles. The maximum atomic E-state index is 13.0. The van der Waals surface area contributed by atoms with Crippen molar-refractivity contribution in [1.29, 1.82) is 0 Å². The van der Waals surface area contributed by atoms with E-state index in [0.29, 0.717) is 36.0 Å². The van der Waals surface area contributed by atoms with Crippen LogP contribution < -0.4 is 10.2 Å². The summed E-state index contributed by atoms with van der Waals surface area (Å²) in [6.45, 7) is 14.8. The molecule has 4 bridgehead atoms. The summed E-state index contributed by atoms with van der Waals surface area (Å²) in [6, 6.07) is 11.8. The average Bonchev–Trinajstić information content (AvgIpc) is 3.78. The molecule has 1 aliphatic heterocycles. The van der Waals surface area contributed by atoms with Crippen molar-refractivity contribution in [2.75, 3.05) is 43.5 Å². The lowest BCUT2D eigenvalue weighted by molar-refractivity contribution is -0.248. The number of hydrogen-bond donors (Lipinski definition) is 2. The summed E-state index contributed by atoms with van der Waals surface area (Å²) in [6.07, 6.45) is 14.1. The molecule has 1 aromatic carbocycles. The molecule has 62 heavy (non-hydrogen) atoms. The second-order valence-corrected chi connectivity index (χ2v) is 21.1. The molecule has 328 valence electrons. The van der Waals surface area contributed by atoms with E-state index in [1.807, 2.05) is 48.4 Å². The number of para-hydroxylation sites is 1. The minimum Gasteiger partial charge on any atom is -0.476 e. The molecule has 0 spiro atoms. The van der Waals surface area contributed by atoms with E-state index in [-0.39, 0.29) is 33.3 Å². The van der Waals surface area contributed by atoms with Gasteiger partial charge in [-0.1, -0.05) is 43.7 Å². The molecule has 10 rings (SSSR count). The fourth-order valence-electron chi connectivity index (χ4n) is 12.7. The molecule has 0 saturated heterocycles. The van der Waals surface area contributed by atoms with E-state index >= 15 is 0 Å². The molecule has 0 radical (unpaired) electrons. The van der Waals surface area contributed by atoms with E-state index in [0.717, 1.165) is 128 Å². The maximum Gasteiger partial charge on any atom is 0.355 e. The lowest BCUT2D eigenvalue weighted by Crippen LogP contribution is -2.64. The number of pyridine rings is 1. The summed E-state index contributed by atoms with van der Waals surface area (Å²) in [7, 11) is 2.18. The Kier molecular flexibility index (Phi) is 11.2. The molecular formula is C48H61N9O4S. The highest BCUT2D eigenvalue weighted by molar-refractivity contribution is 7.22. The van der Waals surface area contributed by atoms with Crippen molar-refractivity contribution in [3.63, 3.8) is 0 Å². The highest BCUT2D eigenvalue weighted by atomic mass is 32.1. The van der Waals surface area contributed by atoms with Gasteiger partial charge in [-0.3, -0.25) is 4.68 Å². The van der Waals surface area contributed by atoms with Crippen LogP contribution in [0.1, 0.15) is 119 Å². The monoisotopic (exact) mass is 859 g/mol. The molecule has 13 nitrogen and oxygen atoms in total. The first-order chi connectivity index (χ1) is 29.6. The van der Waals surface area contributed by atoms with Crippen molar-refractivity contribution < 1.29 is 19.4 Å². The summed E-state index contributed by atoms with van der Waals surface area (Å²) in [4.78, 5) is 38.2. The van der Waals surface area contributed by atoms with Crippen LogP contribution in [-0.2, 0) is 22.5 Å². The molecule has 0 amide bonds. The third kappa shape index (κ3) is 8.37. The molecule has 5 aromatic rings. The van der Waals surface area contributed by atoms with Crippen molar-refractivity contribution in [3.8, 4) is 11.1 Å². The Labute approximate surface area is 368 Å². The zero-order valence-electron chi connectivity index (χ0n) is 37.2. The standard InChI is InChI=1S/C48H61N9O4S/c1-31(58)13-8-7-11-19-55(6)21-22-61-48-27-45(4)24-46(5,28-48)26-47(25-45,29-48)30-57-33(3)36(23-49-57)35-17-18-39(51-40(35)43(59)60)56-20-12-14-34-32(2)41(53-54-42(34)56)52-44-50-37-15-9-10-16-38(37)62-44/h9-10,15-18,23H,7-8,11-14,19-22,24-30H2,1-6H3,(H,59,60)(H,50,52,53)/t45-,46+,47?,48?. The quantitative estimate of drug-likeness (QED) is 0.0857. The number of anilines is 4. The van der Waals surface area contributed by atoms with Gasteiger partial charge < -0.3 is 29.8 Å². The first-order valence-corrected chi connectivity index (χ1v) is 23.3. The van der Waals surface area contributed by atoms with E-state index in [2.05, 4.69) is 59.0 Å². The normalized spacial score (nSPS) is 25.2. The lowest BCUT2D eigenvalue weighted by Gasteiger charge is -2.69. The number of fused-ring (bicyclic) bond motifs is 2. The number of ketones is 1. The number of nitrogens with one attached hydrogen (secondary N) is 1. The van der Waals surface area contributed by atoms with Gasteiger partial charge in [-0.05, 0) is 139 Å². The van der Waals surface area contributed by atoms with Crippen LogP contribution in [0.5, 0.6) is 0 Å². The fraction of sp³-hybridized carbons (Fsp3) is 0.562. The van der Waals surface area contributed by atoms with Crippen LogP contribution in [0.4, 0.5) is 22.6 Å². The zero-order chi connectivity index (χ0) is 43.4. The molecule has 5 aliphatic rings. The third-order valence-electron chi connectivity index (χ3n) is 14.2. The highest BCUT2D eigenvalue weighted by Crippen LogP contribution is 2.72. The molecule has 4 fully saturated rings. The van der Waals surface area contributed by atoms with E-state index in [1.54, 1.807) is 18.3 Å². The van der Waals surface area contributed by atoms with Crippen LogP contribution in [0.3, 0.4) is 0 Å². The minimum absolute atomic E-state index is 0.000661. The Bertz CT molecular complexity index is 2460. The van der Waals surface area contributed by atoms with Crippen LogP contribution in [0.2, 0.25) is 0 Å². The number of rotatable bonds is 17. The number of likely N-dealkylation sites (N-methyl/N-ethyl adjacent to an activating group) is 1. The number of nitrogens with zero attached hydrogens (tertiary/aromatic N) is 8. The van der Waals surface area contributed by atoms with Crippen molar-refractivity contribution in [2.45, 2.75) is 124 Å². The molecule has 4 saturated carbocycles. The Morgan fingerprint density at radius 1 is 0.935 bits per heavy atom. The zero-order valence-corrected chi connectivity index (χ0v) is 38.0. The number of ether oxygens (including phenoxy) is 1. The van der Waals surface area contributed by atoms with Crippen LogP contribution in [0.25, 0.3) is 21.3 Å². The minimum atomic E-state index is -1.08. The molecule has 4 atom stereocenters. The van der Waals surface area contributed by atoms with Gasteiger partial charge in [0.2, 0.25) is 0 Å². The van der Waals surface area contributed by atoms with Gasteiger partial charge in [0.25, 0.3) is 0 Å². The van der Waals surface area contributed by atoms with Crippen molar-refractivity contribution >= 4 is 55.9 Å². The number of carboxylic acids is 1. The van der Waals surface area contributed by atoms with Crippen molar-refractivity contribution in [1.82, 2.24) is 34.8 Å². The molecule has 2 unspecified atom stereocenters. The number of aromatic nitrogens is 6. The number of hydrogen-bond acceptors (Lipinski definition) is 12. The highest BCUT2D eigenvalue weighted by Gasteiger charge is 2.66. The Balaban J connectivity index is 0.914. The average molecular weight is 860 g/mol. The number of aromatic carboxylic acids is 1. The van der Waals surface area contributed by atoms with E-state index < -0.39 is 5.97 Å². The van der Waals surface area contributed by atoms with E-state index in [9.17, 15) is 14.7 Å². The van der Waals surface area contributed by atoms with Crippen molar-refractivity contribution in [3.05, 3.63) is 65.1 Å². The van der Waals surface area contributed by atoms with Gasteiger partial charge in [0.1, 0.15) is 11.6 Å². The number of unbranched alkanes of at least 4 members (excludes halogenated alkanes) is 2. The molecule has 14 heteroatoms. The second-order valence-electron chi connectivity index (χ2n) is 20.0. The smallest absolute Gasteiger partial charge is 0.355 e. The van der Waals surface area contributed by atoms with Gasteiger partial charge >= 0.3 is 5.97 Å². The summed E-state index contributed by atoms with van der Waals surface area (Å²) in [5, 5.41) is 29.0. The summed E-state index contributed by atoms with van der Waals surface area (Å²) >= 11 is 1.58. The molecule has 2 N–H and O–H groups in total. The third-order valence-corrected chi connectivity index (χ3v) is 15.2. The predicted octanol–water partition coefficient (Wildman–Crippen LogP) is 9.70. The Hall–Kier alpha value is -4.79. The van der Waals surface area contributed by atoms with E-state index in [4.69, 9.17) is 19.8 Å². The number of benzene rings is 1. The summed E-state index contributed by atoms with van der Waals surface area (Å²) < 4.78 is 10.3. The lowest BCUT2D eigenvalue weighted by atomic mass is 9.39. The van der Waals surface area contributed by atoms with Crippen LogP contribution in [-0.4, -0.2) is 90.6 Å². The summed E-state index contributed by atoms with van der Waals surface area (Å²) in [5.41, 5.74) is 5.60. The van der Waals surface area contributed by atoms with Crippen LogP contribution >= 0.6 is 11.3 Å². The van der Waals surface area contributed by atoms with Gasteiger partial charge in [-0.25, -0.2) is 14.8 Å². The van der Waals surface area contributed by atoms with E-state index in [1.165, 1.54) is 6.42 Å². The fourth-order valence-corrected chi connectivity index (χ4v) is 13.6. The van der Waals surface area contributed by atoms with Gasteiger partial charge in [0, 0.05) is 54.0 Å².